The quantitative estimate of drug-likeness (QED) is 0.725. The van der Waals surface area contributed by atoms with Gasteiger partial charge < -0.3 is 20.1 Å². The van der Waals surface area contributed by atoms with E-state index in [1.165, 1.54) is 13.2 Å². The van der Waals surface area contributed by atoms with E-state index in [0.717, 1.165) is 11.1 Å². The van der Waals surface area contributed by atoms with Crippen molar-refractivity contribution in [1.29, 1.82) is 0 Å². The van der Waals surface area contributed by atoms with Gasteiger partial charge in [0.05, 0.1) is 7.11 Å². The number of ether oxygens (including phenoxy) is 1. The summed E-state index contributed by atoms with van der Waals surface area (Å²) in [6, 6.07) is 0. The fraction of sp³-hybridized carbons (Fsp3) is 0.238. The molecule has 0 saturated carbocycles. The molecule has 128 valence electrons. The molecule has 4 heteroatoms. The summed E-state index contributed by atoms with van der Waals surface area (Å²) in [7, 11) is 1.46. The van der Waals surface area contributed by atoms with Crippen LogP contribution in [0.3, 0.4) is 0 Å². The van der Waals surface area contributed by atoms with E-state index in [-0.39, 0.29) is 11.5 Å². The van der Waals surface area contributed by atoms with Gasteiger partial charge in [-0.25, -0.2) is 0 Å². The van der Waals surface area contributed by atoms with Crippen molar-refractivity contribution in [2.45, 2.75) is 11.2 Å². The lowest BCUT2D eigenvalue weighted by Crippen LogP contribution is -2.66. The summed E-state index contributed by atoms with van der Waals surface area (Å²) in [6.45, 7) is 0. The molecule has 4 nitrogen and oxygen atoms in total. The van der Waals surface area contributed by atoms with E-state index in [0.29, 0.717) is 0 Å². The molecule has 0 aliphatic heterocycles. The van der Waals surface area contributed by atoms with Gasteiger partial charge in [-0.1, -0.05) is 60.8 Å². The molecule has 4 aliphatic rings. The van der Waals surface area contributed by atoms with E-state index in [1.54, 1.807) is 24.3 Å². The van der Waals surface area contributed by atoms with Crippen LogP contribution < -0.4 is 0 Å². The minimum absolute atomic E-state index is 0.216. The third-order valence-corrected chi connectivity index (χ3v) is 5.45. The van der Waals surface area contributed by atoms with E-state index >= 15 is 0 Å². The van der Waals surface area contributed by atoms with Crippen LogP contribution in [0, 0.1) is 11.8 Å². The molecule has 0 aromatic rings. The van der Waals surface area contributed by atoms with Crippen molar-refractivity contribution in [3.05, 3.63) is 95.6 Å². The second kappa shape index (κ2) is 5.48. The van der Waals surface area contributed by atoms with Crippen LogP contribution in [0.2, 0.25) is 0 Å². The maximum Gasteiger partial charge on any atom is 0.168 e. The van der Waals surface area contributed by atoms with Gasteiger partial charge in [-0.05, 0) is 23.3 Å². The Morgan fingerprint density at radius 3 is 1.96 bits per heavy atom. The summed E-state index contributed by atoms with van der Waals surface area (Å²) in [5.74, 6) is -1.20. The molecule has 0 amide bonds. The zero-order valence-electron chi connectivity index (χ0n) is 13.8. The Labute approximate surface area is 146 Å². The molecule has 25 heavy (non-hydrogen) atoms. The standard InChI is InChI=1S/C21H20O4/c1-25-19-13-11-15-7-3-5-9-17(15)21(19,24)20(23)16-8-4-2-6-14(16)10-12-18(20)22/h2-13,16-17,22-24H,1H3/t16?,17?,20?,21-/m1/s1. The zero-order chi connectivity index (χ0) is 17.7. The van der Waals surface area contributed by atoms with Crippen LogP contribution >= 0.6 is 0 Å². The topological polar surface area (TPSA) is 69.9 Å². The van der Waals surface area contributed by atoms with Crippen LogP contribution in [0.4, 0.5) is 0 Å². The first-order valence-electron chi connectivity index (χ1n) is 8.25. The molecule has 0 aromatic heterocycles. The summed E-state index contributed by atoms with van der Waals surface area (Å²) >= 11 is 0. The van der Waals surface area contributed by atoms with Crippen LogP contribution in [0.15, 0.2) is 95.6 Å². The van der Waals surface area contributed by atoms with Crippen LogP contribution in [0.25, 0.3) is 0 Å². The van der Waals surface area contributed by atoms with E-state index in [1.807, 2.05) is 42.5 Å². The maximum atomic E-state index is 11.9. The molecular formula is C21H20O4. The van der Waals surface area contributed by atoms with Crippen LogP contribution in [-0.2, 0) is 4.74 Å². The van der Waals surface area contributed by atoms with Gasteiger partial charge in [0.1, 0.15) is 11.5 Å². The fourth-order valence-corrected chi connectivity index (χ4v) is 4.19. The molecule has 0 saturated heterocycles. The highest BCUT2D eigenvalue weighted by Crippen LogP contribution is 2.53. The largest absolute Gasteiger partial charge is 0.509 e. The molecule has 0 spiro atoms. The van der Waals surface area contributed by atoms with Gasteiger partial charge in [-0.3, -0.25) is 0 Å². The number of allylic oxidation sites excluding steroid dienone is 10. The van der Waals surface area contributed by atoms with Gasteiger partial charge in [0.25, 0.3) is 0 Å². The van der Waals surface area contributed by atoms with Crippen molar-refractivity contribution in [2.75, 3.05) is 7.11 Å². The number of aliphatic hydroxyl groups excluding tert-OH is 1. The molecule has 4 atom stereocenters. The van der Waals surface area contributed by atoms with Crippen molar-refractivity contribution in [3.8, 4) is 0 Å². The van der Waals surface area contributed by atoms with Gasteiger partial charge in [0, 0.05) is 11.8 Å². The highest BCUT2D eigenvalue weighted by Gasteiger charge is 2.64. The van der Waals surface area contributed by atoms with Crippen molar-refractivity contribution >= 4 is 0 Å². The first-order chi connectivity index (χ1) is 12.0. The Morgan fingerprint density at radius 2 is 1.36 bits per heavy atom. The molecule has 4 aliphatic carbocycles. The van der Waals surface area contributed by atoms with E-state index in [9.17, 15) is 15.3 Å². The second-order valence-corrected chi connectivity index (χ2v) is 6.60. The molecule has 4 rings (SSSR count). The smallest absolute Gasteiger partial charge is 0.168 e. The van der Waals surface area contributed by atoms with Crippen LogP contribution in [-0.4, -0.2) is 33.6 Å². The minimum Gasteiger partial charge on any atom is -0.509 e. The average Bonchev–Trinajstić information content (AvgIpc) is 2.65. The van der Waals surface area contributed by atoms with Crippen LogP contribution in [0.1, 0.15) is 0 Å². The van der Waals surface area contributed by atoms with Crippen LogP contribution in [0.5, 0.6) is 0 Å². The van der Waals surface area contributed by atoms with E-state index < -0.39 is 23.0 Å². The first-order valence-corrected chi connectivity index (χ1v) is 8.25. The van der Waals surface area contributed by atoms with Gasteiger partial charge in [0.15, 0.2) is 11.2 Å². The highest BCUT2D eigenvalue weighted by atomic mass is 16.5. The lowest BCUT2D eigenvalue weighted by atomic mass is 9.58. The van der Waals surface area contributed by atoms with Gasteiger partial charge in [0.2, 0.25) is 0 Å². The molecule has 0 bridgehead atoms. The number of methoxy groups -OCH3 is 1. The third-order valence-electron chi connectivity index (χ3n) is 5.45. The SMILES string of the molecule is COC1=CC=C2C=CC=CC2[C@]1(O)C1(O)C(O)=CC=C2C=CC=CC21. The number of rotatable bonds is 2. The maximum absolute atomic E-state index is 11.9. The van der Waals surface area contributed by atoms with Crippen molar-refractivity contribution in [3.63, 3.8) is 0 Å². The Balaban J connectivity index is 1.94. The number of fused-ring (bicyclic) bond motifs is 2. The molecule has 3 unspecified atom stereocenters. The predicted octanol–water partition coefficient (Wildman–Crippen LogP) is 2.79. The highest BCUT2D eigenvalue weighted by molar-refractivity contribution is 5.54. The molecule has 0 fully saturated rings. The predicted molar refractivity (Wildman–Crippen MR) is 95.4 cm³/mol. The lowest BCUT2D eigenvalue weighted by molar-refractivity contribution is -0.173. The molecule has 0 heterocycles. The number of aliphatic hydroxyl groups is 3. The zero-order valence-corrected chi connectivity index (χ0v) is 13.8. The first kappa shape index (κ1) is 15.9. The normalized spacial score (nSPS) is 38.2. The Hall–Kier alpha value is -2.56. The lowest BCUT2D eigenvalue weighted by Gasteiger charge is -2.52. The van der Waals surface area contributed by atoms with Gasteiger partial charge >= 0.3 is 0 Å². The molecule has 3 N–H and O–H groups in total. The van der Waals surface area contributed by atoms with Gasteiger partial charge in [-0.15, -0.1) is 0 Å². The fourth-order valence-electron chi connectivity index (χ4n) is 4.19. The molecule has 0 radical (unpaired) electrons. The minimum atomic E-state index is -1.96. The second-order valence-electron chi connectivity index (χ2n) is 6.60. The van der Waals surface area contributed by atoms with Crippen molar-refractivity contribution < 1.29 is 20.1 Å². The number of hydrogen-bond acceptors (Lipinski definition) is 4. The number of hydrogen-bond donors (Lipinski definition) is 3. The summed E-state index contributed by atoms with van der Waals surface area (Å²) in [6.07, 6.45) is 21.5. The Morgan fingerprint density at radius 1 is 0.800 bits per heavy atom. The van der Waals surface area contributed by atoms with E-state index in [2.05, 4.69) is 0 Å². The van der Waals surface area contributed by atoms with Gasteiger partial charge in [-0.2, -0.15) is 0 Å². The van der Waals surface area contributed by atoms with E-state index in [4.69, 9.17) is 4.74 Å². The van der Waals surface area contributed by atoms with Crippen molar-refractivity contribution in [2.24, 2.45) is 11.8 Å². The summed E-state index contributed by atoms with van der Waals surface area (Å²) < 4.78 is 5.45. The molecular weight excluding hydrogens is 316 g/mol. The Kier molecular flexibility index (Phi) is 3.49. The summed E-state index contributed by atoms with van der Waals surface area (Å²) in [4.78, 5) is 0. The van der Waals surface area contributed by atoms with Crippen molar-refractivity contribution in [1.82, 2.24) is 0 Å². The average molecular weight is 336 g/mol. The third kappa shape index (κ3) is 1.95. The summed E-state index contributed by atoms with van der Waals surface area (Å²) in [5.41, 5.74) is -2.15. The monoisotopic (exact) mass is 336 g/mol. The Bertz CT molecular complexity index is 849. The molecule has 0 aromatic carbocycles. The summed E-state index contributed by atoms with van der Waals surface area (Å²) in [5, 5.41) is 34.3.